The Labute approximate surface area is 237 Å². The summed E-state index contributed by atoms with van der Waals surface area (Å²) in [6.07, 6.45) is 1.26. The van der Waals surface area contributed by atoms with Crippen LogP contribution in [0.25, 0.3) is 11.1 Å². The third kappa shape index (κ3) is 6.22. The molecule has 1 fully saturated rings. The third-order valence-electron chi connectivity index (χ3n) is 6.86. The van der Waals surface area contributed by atoms with Crippen LogP contribution in [0.2, 0.25) is 0 Å². The Morgan fingerprint density at radius 3 is 2.31 bits per heavy atom. The molecule has 0 aromatic heterocycles. The molecule has 4 rings (SSSR count). The van der Waals surface area contributed by atoms with Gasteiger partial charge >= 0.3 is 11.5 Å². The van der Waals surface area contributed by atoms with Gasteiger partial charge in [-0.2, -0.15) is 13.2 Å². The van der Waals surface area contributed by atoms with Crippen LogP contribution in [-0.2, 0) is 14.6 Å². The van der Waals surface area contributed by atoms with Crippen molar-refractivity contribution in [2.75, 3.05) is 12.4 Å². The molecule has 1 aliphatic carbocycles. The van der Waals surface area contributed by atoms with Gasteiger partial charge in [0.05, 0.1) is 29.1 Å². The van der Waals surface area contributed by atoms with Crippen LogP contribution in [-0.4, -0.2) is 50.0 Å². The summed E-state index contributed by atoms with van der Waals surface area (Å²) in [5.74, 6) is -4.09. The molecule has 1 aliphatic rings. The highest BCUT2D eigenvalue weighted by atomic mass is 32.2. The van der Waals surface area contributed by atoms with Gasteiger partial charge in [0.25, 0.3) is 15.7 Å². The first-order valence-electron chi connectivity index (χ1n) is 12.5. The van der Waals surface area contributed by atoms with Gasteiger partial charge in [-0.15, -0.1) is 0 Å². The Morgan fingerprint density at radius 1 is 1.00 bits per heavy atom. The molecule has 2 amide bonds. The average molecular weight is 609 g/mol. The maximum absolute atomic E-state index is 14.9. The molecule has 1 saturated carbocycles. The Balaban J connectivity index is 1.53. The minimum absolute atomic E-state index is 0.00675. The first-order chi connectivity index (χ1) is 19.7. The van der Waals surface area contributed by atoms with Crippen molar-refractivity contribution in [3.05, 3.63) is 77.6 Å². The van der Waals surface area contributed by atoms with E-state index < -0.39 is 55.8 Å². The minimum atomic E-state index is -5.62. The fourth-order valence-electron chi connectivity index (χ4n) is 4.72. The average Bonchev–Trinajstić information content (AvgIpc) is 3.40. The summed E-state index contributed by atoms with van der Waals surface area (Å²) in [6, 6.07) is 10.7. The van der Waals surface area contributed by atoms with Gasteiger partial charge < -0.3 is 20.5 Å². The number of nitrogens with one attached hydrogen (secondary N) is 2. The van der Waals surface area contributed by atoms with E-state index in [1.165, 1.54) is 43.5 Å². The Hall–Kier alpha value is -4.46. The topological polar surface area (TPSA) is 139 Å². The number of carbonyl (C=O) groups is 3. The van der Waals surface area contributed by atoms with Crippen LogP contribution in [0.15, 0.2) is 65.6 Å². The molecular weight excluding hydrogens is 584 g/mol. The van der Waals surface area contributed by atoms with E-state index in [-0.39, 0.29) is 28.1 Å². The highest BCUT2D eigenvalue weighted by Gasteiger charge is 2.47. The Bertz CT molecular complexity index is 1640. The SMILES string of the molecule is COc1cc(F)c(-c2ccc(C(=O)O)cc2)cc1C(=O)N[C@H]1CCC[C@H]1C(=O)Nc1cccc(S(=O)(=O)C(F)(F)F)c1. The van der Waals surface area contributed by atoms with Crippen LogP contribution in [0.4, 0.5) is 23.2 Å². The molecule has 9 nitrogen and oxygen atoms in total. The van der Waals surface area contributed by atoms with Crippen LogP contribution in [0.1, 0.15) is 40.0 Å². The molecule has 0 spiro atoms. The lowest BCUT2D eigenvalue weighted by molar-refractivity contribution is -0.120. The molecule has 222 valence electrons. The van der Waals surface area contributed by atoms with E-state index in [1.54, 1.807) is 0 Å². The van der Waals surface area contributed by atoms with E-state index in [9.17, 15) is 40.4 Å². The molecule has 0 aliphatic heterocycles. The van der Waals surface area contributed by atoms with Crippen molar-refractivity contribution in [3.8, 4) is 16.9 Å². The molecule has 3 N–H and O–H groups in total. The minimum Gasteiger partial charge on any atom is -0.496 e. The summed E-state index contributed by atoms with van der Waals surface area (Å²) >= 11 is 0. The van der Waals surface area contributed by atoms with Crippen molar-refractivity contribution in [2.24, 2.45) is 5.92 Å². The zero-order valence-corrected chi connectivity index (χ0v) is 22.7. The van der Waals surface area contributed by atoms with Crippen molar-refractivity contribution in [2.45, 2.75) is 35.7 Å². The van der Waals surface area contributed by atoms with Crippen molar-refractivity contribution in [1.82, 2.24) is 5.32 Å². The van der Waals surface area contributed by atoms with E-state index in [0.717, 1.165) is 18.2 Å². The number of anilines is 1. The second-order valence-corrected chi connectivity index (χ2v) is 11.4. The Morgan fingerprint density at radius 2 is 1.69 bits per heavy atom. The highest BCUT2D eigenvalue weighted by molar-refractivity contribution is 7.92. The lowest BCUT2D eigenvalue weighted by Crippen LogP contribution is -2.42. The van der Waals surface area contributed by atoms with Gasteiger partial charge in [0, 0.05) is 23.4 Å². The number of ether oxygens (including phenoxy) is 1. The number of aromatic carboxylic acids is 1. The molecule has 0 radical (unpaired) electrons. The van der Waals surface area contributed by atoms with Gasteiger partial charge in [0.2, 0.25) is 5.91 Å². The smallest absolute Gasteiger partial charge is 0.496 e. The summed E-state index contributed by atoms with van der Waals surface area (Å²) in [5.41, 5.74) is -5.42. The number of hydrogen-bond donors (Lipinski definition) is 3. The molecule has 0 unspecified atom stereocenters. The van der Waals surface area contributed by atoms with Crippen LogP contribution < -0.4 is 15.4 Å². The lowest BCUT2D eigenvalue weighted by atomic mass is 9.98. The predicted octanol–water partition coefficient (Wildman–Crippen LogP) is 5.03. The Kier molecular flexibility index (Phi) is 8.57. The molecular formula is C28H24F4N2O7S. The summed E-state index contributed by atoms with van der Waals surface area (Å²) in [7, 11) is -4.38. The number of carbonyl (C=O) groups excluding carboxylic acids is 2. The van der Waals surface area contributed by atoms with Gasteiger partial charge in [0.15, 0.2) is 0 Å². The second kappa shape index (κ2) is 11.8. The number of halogens is 4. The third-order valence-corrected chi connectivity index (χ3v) is 8.35. The summed E-state index contributed by atoms with van der Waals surface area (Å²) < 4.78 is 82.4. The number of carboxylic acid groups (broad SMARTS) is 1. The van der Waals surface area contributed by atoms with Gasteiger partial charge in [-0.3, -0.25) is 9.59 Å². The van der Waals surface area contributed by atoms with Gasteiger partial charge in [-0.25, -0.2) is 17.6 Å². The van der Waals surface area contributed by atoms with Crippen LogP contribution in [0, 0.1) is 11.7 Å². The fraction of sp³-hybridized carbons (Fsp3) is 0.250. The van der Waals surface area contributed by atoms with Crippen LogP contribution in [0.5, 0.6) is 5.75 Å². The quantitative estimate of drug-likeness (QED) is 0.305. The standard InChI is InChI=1S/C28H24F4N2O7S/c1-41-24-14-22(29)20(15-8-10-16(11-9-15)27(37)38)13-21(24)26(36)34-23-7-3-6-19(23)25(35)33-17-4-2-5-18(12-17)42(39,40)28(30,31)32/h2,4-5,8-14,19,23H,3,6-7H2,1H3,(H,33,35)(H,34,36)(H,37,38)/t19-,23+/m1/s1. The zero-order valence-electron chi connectivity index (χ0n) is 21.9. The number of alkyl halides is 3. The number of benzene rings is 3. The summed E-state index contributed by atoms with van der Waals surface area (Å²) in [5, 5.41) is 14.3. The molecule has 42 heavy (non-hydrogen) atoms. The van der Waals surface area contributed by atoms with E-state index in [2.05, 4.69) is 10.6 Å². The number of amides is 2. The molecule has 2 atom stereocenters. The first kappa shape index (κ1) is 30.5. The largest absolute Gasteiger partial charge is 0.501 e. The molecule has 0 heterocycles. The highest BCUT2D eigenvalue weighted by Crippen LogP contribution is 2.34. The van der Waals surface area contributed by atoms with Gasteiger partial charge in [0.1, 0.15) is 11.6 Å². The molecule has 3 aromatic carbocycles. The maximum Gasteiger partial charge on any atom is 0.501 e. The van der Waals surface area contributed by atoms with Crippen molar-refractivity contribution >= 4 is 33.3 Å². The van der Waals surface area contributed by atoms with Crippen molar-refractivity contribution < 1.29 is 50.2 Å². The number of hydrogen-bond acceptors (Lipinski definition) is 6. The van der Waals surface area contributed by atoms with E-state index in [0.29, 0.717) is 30.9 Å². The molecule has 14 heteroatoms. The lowest BCUT2D eigenvalue weighted by Gasteiger charge is -2.22. The van der Waals surface area contributed by atoms with E-state index in [1.807, 2.05) is 0 Å². The number of rotatable bonds is 8. The fourth-order valence-corrected chi connectivity index (χ4v) is 5.52. The van der Waals surface area contributed by atoms with E-state index in [4.69, 9.17) is 9.84 Å². The number of sulfone groups is 1. The van der Waals surface area contributed by atoms with Crippen LogP contribution >= 0.6 is 0 Å². The summed E-state index contributed by atoms with van der Waals surface area (Å²) in [4.78, 5) is 36.4. The van der Waals surface area contributed by atoms with Crippen molar-refractivity contribution in [1.29, 1.82) is 0 Å². The van der Waals surface area contributed by atoms with Crippen molar-refractivity contribution in [3.63, 3.8) is 0 Å². The number of methoxy groups -OCH3 is 1. The maximum atomic E-state index is 14.9. The van der Waals surface area contributed by atoms with Gasteiger partial charge in [-0.1, -0.05) is 24.6 Å². The second-order valence-electron chi connectivity index (χ2n) is 9.50. The monoisotopic (exact) mass is 608 g/mol. The first-order valence-corrected chi connectivity index (χ1v) is 14.0. The molecule has 3 aromatic rings. The van der Waals surface area contributed by atoms with E-state index >= 15 is 0 Å². The van der Waals surface area contributed by atoms with Gasteiger partial charge in [-0.05, 0) is 54.8 Å². The zero-order chi connectivity index (χ0) is 30.8. The number of carboxylic acids is 1. The predicted molar refractivity (Wildman–Crippen MR) is 142 cm³/mol. The summed E-state index contributed by atoms with van der Waals surface area (Å²) in [6.45, 7) is 0. The normalized spacial score (nSPS) is 17.0. The molecule has 0 saturated heterocycles. The van der Waals surface area contributed by atoms with Crippen LogP contribution in [0.3, 0.4) is 0 Å². The molecule has 0 bridgehead atoms.